The maximum atomic E-state index is 2.21. The first-order chi connectivity index (χ1) is 9.65. The highest BCUT2D eigenvalue weighted by Gasteiger charge is 1.97. The van der Waals surface area contributed by atoms with E-state index in [0.29, 0.717) is 0 Å². The summed E-state index contributed by atoms with van der Waals surface area (Å²) in [6, 6.07) is 0. The molecule has 0 amide bonds. The second-order valence-electron chi connectivity index (χ2n) is 5.34. The molecule has 0 atom stereocenters. The minimum atomic E-state index is 0. The first-order valence-electron chi connectivity index (χ1n) is 7.67. The molecule has 0 aliphatic carbocycles. The normalized spacial score (nSPS) is 9.71. The second-order valence-corrected chi connectivity index (χ2v) is 5.34. The van der Waals surface area contributed by atoms with Crippen LogP contribution >= 0.6 is 0 Å². The van der Waals surface area contributed by atoms with Crippen molar-refractivity contribution < 1.29 is 9.13 Å². The number of hydrogen-bond donors (Lipinski definition) is 0. The average Bonchev–Trinajstić information content (AvgIpc) is 3.03. The summed E-state index contributed by atoms with van der Waals surface area (Å²) in [6.07, 6.45) is 17.6. The molecule has 5 heteroatoms. The van der Waals surface area contributed by atoms with Crippen LogP contribution in [0, 0.1) is 0 Å². The van der Waals surface area contributed by atoms with Gasteiger partial charge in [-0.3, -0.25) is 0 Å². The summed E-state index contributed by atoms with van der Waals surface area (Å²) in [6.45, 7) is 6.72. The lowest BCUT2D eigenvalue weighted by Crippen LogP contribution is -2.30. The SMILES string of the molecule is CCCC[n+]1ccn(C)c1.CCCC[n+]1ccn(C)c1.[S-2]. The number of aromatic nitrogens is 4. The summed E-state index contributed by atoms with van der Waals surface area (Å²) in [5.74, 6) is 0. The molecule has 0 saturated carbocycles. The molecule has 2 aromatic rings. The van der Waals surface area contributed by atoms with Crippen LogP contribution in [0.2, 0.25) is 0 Å². The lowest BCUT2D eigenvalue weighted by atomic mass is 10.3. The Morgan fingerprint density at radius 2 is 1.14 bits per heavy atom. The molecule has 0 saturated heterocycles. The van der Waals surface area contributed by atoms with Crippen LogP contribution in [0.4, 0.5) is 0 Å². The molecule has 0 aliphatic heterocycles. The lowest BCUT2D eigenvalue weighted by molar-refractivity contribution is -0.696. The Hall–Kier alpha value is -1.23. The molecule has 0 fully saturated rings. The summed E-state index contributed by atoms with van der Waals surface area (Å²) in [7, 11) is 4.09. The molecule has 0 spiro atoms. The molecule has 0 aromatic carbocycles. The highest BCUT2D eigenvalue weighted by atomic mass is 32.1. The largest absolute Gasteiger partial charge is 2.00 e. The van der Waals surface area contributed by atoms with Crippen molar-refractivity contribution in [2.45, 2.75) is 52.6 Å². The molecule has 0 bridgehead atoms. The Morgan fingerprint density at radius 1 is 0.762 bits per heavy atom. The van der Waals surface area contributed by atoms with Gasteiger partial charge >= 0.3 is 0 Å². The van der Waals surface area contributed by atoms with Gasteiger partial charge in [0.05, 0.1) is 27.2 Å². The van der Waals surface area contributed by atoms with Crippen molar-refractivity contribution in [1.29, 1.82) is 0 Å². The van der Waals surface area contributed by atoms with Crippen molar-refractivity contribution in [3.05, 3.63) is 37.4 Å². The van der Waals surface area contributed by atoms with E-state index < -0.39 is 0 Å². The summed E-state index contributed by atoms with van der Waals surface area (Å²) >= 11 is 0. The molecule has 0 unspecified atom stereocenters. The third kappa shape index (κ3) is 8.60. The van der Waals surface area contributed by atoms with Gasteiger partial charge in [-0.25, -0.2) is 18.3 Å². The smallest absolute Gasteiger partial charge is 0.243 e. The van der Waals surface area contributed by atoms with Crippen LogP contribution in [0.5, 0.6) is 0 Å². The maximum Gasteiger partial charge on any atom is 0.243 e. The Kier molecular flexibility index (Phi) is 10.8. The monoisotopic (exact) mass is 310 g/mol. The van der Waals surface area contributed by atoms with Gasteiger partial charge in [0, 0.05) is 0 Å². The number of aryl methyl sites for hydroxylation is 4. The minimum absolute atomic E-state index is 0. The van der Waals surface area contributed by atoms with Crippen molar-refractivity contribution in [1.82, 2.24) is 9.13 Å². The Labute approximate surface area is 136 Å². The van der Waals surface area contributed by atoms with Crippen LogP contribution in [0.25, 0.3) is 0 Å². The molecule has 120 valence electrons. The van der Waals surface area contributed by atoms with E-state index in [0.717, 1.165) is 13.1 Å². The van der Waals surface area contributed by atoms with Gasteiger partial charge in [0.15, 0.2) is 0 Å². The maximum absolute atomic E-state index is 2.21. The minimum Gasteiger partial charge on any atom is -2.00 e. The highest BCUT2D eigenvalue weighted by molar-refractivity contribution is 7.37. The van der Waals surface area contributed by atoms with Crippen molar-refractivity contribution in [2.24, 2.45) is 14.1 Å². The molecule has 2 heterocycles. The van der Waals surface area contributed by atoms with E-state index in [1.807, 2.05) is 14.1 Å². The van der Waals surface area contributed by atoms with Crippen LogP contribution in [0.1, 0.15) is 39.5 Å². The number of rotatable bonds is 6. The summed E-state index contributed by atoms with van der Waals surface area (Å²) < 4.78 is 8.55. The van der Waals surface area contributed by atoms with Gasteiger partial charge in [-0.1, -0.05) is 26.7 Å². The molecule has 2 aromatic heterocycles. The van der Waals surface area contributed by atoms with E-state index in [4.69, 9.17) is 0 Å². The highest BCUT2D eigenvalue weighted by Crippen LogP contribution is 1.86. The molecular weight excluding hydrogens is 280 g/mol. The molecule has 0 aliphatic rings. The van der Waals surface area contributed by atoms with E-state index in [1.54, 1.807) is 0 Å². The molecule has 2 rings (SSSR count). The number of unbranched alkanes of at least 4 members (excludes halogenated alkanes) is 2. The first kappa shape index (κ1) is 19.8. The van der Waals surface area contributed by atoms with Crippen LogP contribution in [0.15, 0.2) is 37.4 Å². The fourth-order valence-electron chi connectivity index (χ4n) is 1.95. The summed E-state index contributed by atoms with van der Waals surface area (Å²) in [4.78, 5) is 0. The van der Waals surface area contributed by atoms with Gasteiger partial charge in [0.2, 0.25) is 12.7 Å². The zero-order valence-corrected chi connectivity index (χ0v) is 14.7. The van der Waals surface area contributed by atoms with Crippen molar-refractivity contribution in [3.8, 4) is 0 Å². The number of hydrogen-bond acceptors (Lipinski definition) is 0. The van der Waals surface area contributed by atoms with E-state index in [1.165, 1.54) is 25.7 Å². The standard InChI is InChI=1S/2C8H15N2.S/c2*1-3-4-5-10-7-6-9(2)8-10;/h2*6-8H,3-5H2,1-2H3;/q2*+1;-2. The average molecular weight is 311 g/mol. The van der Waals surface area contributed by atoms with Crippen LogP contribution in [0.3, 0.4) is 0 Å². The zero-order valence-electron chi connectivity index (χ0n) is 13.9. The fourth-order valence-corrected chi connectivity index (χ4v) is 1.95. The summed E-state index contributed by atoms with van der Waals surface area (Å²) in [5.41, 5.74) is 0. The van der Waals surface area contributed by atoms with E-state index in [9.17, 15) is 0 Å². The molecule has 21 heavy (non-hydrogen) atoms. The topological polar surface area (TPSA) is 17.6 Å². The van der Waals surface area contributed by atoms with E-state index in [-0.39, 0.29) is 13.5 Å². The van der Waals surface area contributed by atoms with Crippen LogP contribution < -0.4 is 9.13 Å². The van der Waals surface area contributed by atoms with Crippen molar-refractivity contribution in [2.75, 3.05) is 0 Å². The zero-order chi connectivity index (χ0) is 14.8. The fraction of sp³-hybridized carbons (Fsp3) is 0.625. The Bertz CT molecular complexity index is 432. The predicted octanol–water partition coefficient (Wildman–Crippen LogP) is 2.22. The second kappa shape index (κ2) is 11.4. The summed E-state index contributed by atoms with van der Waals surface area (Å²) in [5, 5.41) is 0. The van der Waals surface area contributed by atoms with Gasteiger partial charge in [-0.2, -0.15) is 0 Å². The lowest BCUT2D eigenvalue weighted by Gasteiger charge is -2.00. The van der Waals surface area contributed by atoms with Gasteiger partial charge in [-0.05, 0) is 12.8 Å². The van der Waals surface area contributed by atoms with Gasteiger partial charge in [0.1, 0.15) is 24.8 Å². The van der Waals surface area contributed by atoms with Crippen molar-refractivity contribution >= 4 is 13.5 Å². The molecule has 0 N–H and O–H groups in total. The van der Waals surface area contributed by atoms with Crippen LogP contribution in [-0.4, -0.2) is 9.13 Å². The third-order valence-electron chi connectivity index (χ3n) is 3.19. The Balaban J connectivity index is 0.000000364. The van der Waals surface area contributed by atoms with E-state index >= 15 is 0 Å². The van der Waals surface area contributed by atoms with Crippen LogP contribution in [-0.2, 0) is 40.7 Å². The van der Waals surface area contributed by atoms with Crippen molar-refractivity contribution in [3.63, 3.8) is 0 Å². The van der Waals surface area contributed by atoms with E-state index in [2.05, 4.69) is 69.6 Å². The number of nitrogens with zero attached hydrogens (tertiary/aromatic N) is 4. The Morgan fingerprint density at radius 3 is 1.38 bits per heavy atom. The van der Waals surface area contributed by atoms with Gasteiger partial charge in [-0.15, -0.1) is 0 Å². The molecular formula is C16H30N4S. The van der Waals surface area contributed by atoms with Gasteiger partial charge < -0.3 is 13.5 Å². The predicted molar refractivity (Wildman–Crippen MR) is 88.4 cm³/mol. The van der Waals surface area contributed by atoms with Gasteiger partial charge in [0.25, 0.3) is 0 Å². The molecule has 4 nitrogen and oxygen atoms in total. The number of imidazole rings is 2. The third-order valence-corrected chi connectivity index (χ3v) is 3.19. The quantitative estimate of drug-likeness (QED) is 0.728. The first-order valence-corrected chi connectivity index (χ1v) is 7.67. The molecule has 0 radical (unpaired) electrons.